The number of fused-ring (bicyclic) bond motifs is 1. The number of ether oxygens (including phenoxy) is 8. The van der Waals surface area contributed by atoms with Crippen LogP contribution in [-0.4, -0.2) is 204 Å². The topological polar surface area (TPSA) is 311 Å². The van der Waals surface area contributed by atoms with E-state index in [2.05, 4.69) is 65.3 Å². The summed E-state index contributed by atoms with van der Waals surface area (Å²) in [6.07, 6.45) is 6.43. The molecule has 26 heteroatoms. The van der Waals surface area contributed by atoms with Crippen LogP contribution in [0.15, 0.2) is 67.3 Å². The predicted molar refractivity (Wildman–Crippen MR) is 265 cm³/mol. The first-order valence-electron chi connectivity index (χ1n) is 20.9. The molecule has 1 aromatic carbocycles. The number of aromatic nitrogens is 8. The second-order valence-corrected chi connectivity index (χ2v) is 13.8. The Morgan fingerprint density at radius 2 is 1.18 bits per heavy atom. The summed E-state index contributed by atoms with van der Waals surface area (Å²) in [6, 6.07) is 9.77. The Kier molecular flexibility index (Phi) is 33.3. The molecule has 0 bridgehead atoms. The van der Waals surface area contributed by atoms with E-state index < -0.39 is 24.8 Å². The number of carboxylic acids is 1. The Bertz CT molecular complexity index is 2300. The summed E-state index contributed by atoms with van der Waals surface area (Å²) in [5, 5.41) is 17.4. The van der Waals surface area contributed by atoms with Gasteiger partial charge in [-0.05, 0) is 57.4 Å². The van der Waals surface area contributed by atoms with Crippen LogP contribution in [0, 0.1) is 0 Å². The Hall–Kier alpha value is -7.01. The summed E-state index contributed by atoms with van der Waals surface area (Å²) in [5.41, 5.74) is 3.28. The number of carbonyl (C=O) groups excluding carboxylic acids is 3. The van der Waals surface area contributed by atoms with Gasteiger partial charge in [0, 0.05) is 123 Å². The minimum Gasteiger partial charge on any atom is -0.478 e. The second kappa shape index (κ2) is 36.9. The number of rotatable bonds is 20. The van der Waals surface area contributed by atoms with E-state index >= 15 is 0 Å². The van der Waals surface area contributed by atoms with Crippen LogP contribution in [-0.2, 0) is 47.5 Å². The first-order valence-corrected chi connectivity index (χ1v) is 20.9. The van der Waals surface area contributed by atoms with Crippen molar-refractivity contribution in [1.29, 1.82) is 0 Å². The van der Waals surface area contributed by atoms with E-state index in [4.69, 9.17) is 33.5 Å². The van der Waals surface area contributed by atoms with Gasteiger partial charge in [0.2, 0.25) is 48.9 Å². The molecule has 0 saturated heterocycles. The number of nitrogens with zero attached hydrogens (tertiary/aromatic N) is 9. The van der Waals surface area contributed by atoms with Crippen molar-refractivity contribution in [2.24, 2.45) is 0 Å². The van der Waals surface area contributed by atoms with Gasteiger partial charge in [0.05, 0.1) is 16.6 Å². The number of H-pyrrole nitrogens is 1. The van der Waals surface area contributed by atoms with Crippen molar-refractivity contribution in [1.82, 2.24) is 49.7 Å². The summed E-state index contributed by atoms with van der Waals surface area (Å²) in [6.45, 7) is 1.41. The number of hydrogen-bond donors (Lipinski definition) is 5. The molecule has 0 aliphatic carbocycles. The van der Waals surface area contributed by atoms with Gasteiger partial charge in [0.25, 0.3) is 0 Å². The molecule has 392 valence electrons. The van der Waals surface area contributed by atoms with Crippen molar-refractivity contribution in [2.45, 2.75) is 32.2 Å². The Morgan fingerprint density at radius 1 is 0.662 bits per heavy atom. The summed E-state index contributed by atoms with van der Waals surface area (Å²) >= 11 is 0. The molecule has 4 heterocycles. The van der Waals surface area contributed by atoms with Gasteiger partial charge in [0.15, 0.2) is 17.9 Å². The fourth-order valence-electron chi connectivity index (χ4n) is 4.97. The number of anilines is 3. The number of benzene rings is 1. The molecule has 0 amide bonds. The number of ketones is 2. The quantitative estimate of drug-likeness (QED) is 0.0423. The van der Waals surface area contributed by atoms with E-state index in [1.54, 1.807) is 103 Å². The largest absolute Gasteiger partial charge is 0.478 e. The van der Waals surface area contributed by atoms with E-state index in [1.165, 1.54) is 53.7 Å². The summed E-state index contributed by atoms with van der Waals surface area (Å²) in [5.74, 6) is 0.795. The molecule has 26 nitrogen and oxygen atoms in total. The van der Waals surface area contributed by atoms with Crippen LogP contribution in [0.3, 0.4) is 0 Å². The molecular formula is C45H69N13O13. The lowest BCUT2D eigenvalue weighted by atomic mass is 10.2. The van der Waals surface area contributed by atoms with E-state index in [9.17, 15) is 19.2 Å². The highest BCUT2D eigenvalue weighted by Crippen LogP contribution is 2.20. The van der Waals surface area contributed by atoms with Gasteiger partial charge in [0.1, 0.15) is 17.1 Å². The van der Waals surface area contributed by atoms with Crippen molar-refractivity contribution >= 4 is 52.7 Å². The third-order valence-corrected chi connectivity index (χ3v) is 8.22. The maximum absolute atomic E-state index is 11.1. The van der Waals surface area contributed by atoms with Gasteiger partial charge in [-0.25, -0.2) is 39.7 Å². The number of aromatic amines is 1. The Morgan fingerprint density at radius 3 is 1.61 bits per heavy atom. The third kappa shape index (κ3) is 24.9. The molecule has 0 atom stereocenters. The minimum atomic E-state index is -0.970. The van der Waals surface area contributed by atoms with Gasteiger partial charge < -0.3 is 68.8 Å². The molecule has 0 spiro atoms. The molecule has 5 N–H and O–H groups in total. The molecule has 0 saturated carbocycles. The monoisotopic (exact) mass is 1000 g/mol. The number of methoxy groups -OCH3 is 8. The predicted octanol–water partition coefficient (Wildman–Crippen LogP) is 3.47. The number of aldehydes is 1. The number of carbonyl (C=O) groups is 4. The van der Waals surface area contributed by atoms with Crippen LogP contribution in [0.1, 0.15) is 39.8 Å². The Labute approximate surface area is 413 Å². The SMILES string of the molecule is CNc1nccc(-c2nc3ccc(C(=O)O)cc3[nH]2)n1.CNc1nccc(C(OC)OC)n1.CNc1nccc(C=O)n1.COC(OC)C(=O)/C=C/N(C)C.COC(OC)C(C)=O.COC(OC)N(C)C. The lowest BCUT2D eigenvalue weighted by Gasteiger charge is -2.19. The van der Waals surface area contributed by atoms with Crippen molar-refractivity contribution < 1.29 is 62.2 Å². The maximum atomic E-state index is 11.1. The van der Waals surface area contributed by atoms with E-state index in [0.29, 0.717) is 58.1 Å². The van der Waals surface area contributed by atoms with Gasteiger partial charge >= 0.3 is 5.97 Å². The molecule has 4 aromatic heterocycles. The zero-order chi connectivity index (χ0) is 53.9. The number of aromatic carboxylic acids is 1. The number of hydrogen-bond acceptors (Lipinski definition) is 24. The van der Waals surface area contributed by atoms with Gasteiger partial charge in [-0.1, -0.05) is 0 Å². The first kappa shape index (κ1) is 64.0. The maximum Gasteiger partial charge on any atom is 0.335 e. The van der Waals surface area contributed by atoms with E-state index in [1.807, 2.05) is 33.1 Å². The van der Waals surface area contributed by atoms with Crippen LogP contribution >= 0.6 is 0 Å². The molecular weight excluding hydrogens is 931 g/mol. The standard InChI is InChI=1S/C13H11N5O2.C8H13N3O2.C8H15NO3.C6H7N3O.C5H13NO2.C5H10O3/c1-14-13-15-5-4-9(18-13)11-16-8-3-2-7(12(19)20)6-10(8)17-11;1-9-8-10-5-4-6(11-8)7(12-2)13-3;1-9(2)6-5-7(10)8(11-3)12-4;1-7-6-8-3-2-5(4-10)9-6;1-6(2)5(7-3)8-4;1-4(6)5(7-2)8-3/h2-6H,1H3,(H,16,17)(H,19,20)(H,14,15,18);4-5,7H,1-3H3,(H,9,10,11);5-6,8H,1-4H3;2-4H,1H3,(H,7,8,9);5H,1-4H3;5H,1-3H3/b;;6-5+;;;. The molecule has 0 fully saturated rings. The third-order valence-electron chi connectivity index (χ3n) is 8.22. The fraction of sp³-hybridized carbons (Fsp3) is 0.444. The smallest absolute Gasteiger partial charge is 0.335 e. The van der Waals surface area contributed by atoms with Gasteiger partial charge in [-0.2, -0.15) is 0 Å². The summed E-state index contributed by atoms with van der Waals surface area (Å²) in [7, 11) is 24.7. The average Bonchev–Trinajstić information content (AvgIpc) is 3.82. The van der Waals surface area contributed by atoms with E-state index in [-0.39, 0.29) is 23.5 Å². The van der Waals surface area contributed by atoms with E-state index in [0.717, 1.165) is 0 Å². The van der Waals surface area contributed by atoms with Crippen LogP contribution in [0.25, 0.3) is 22.6 Å². The van der Waals surface area contributed by atoms with Gasteiger partial charge in [-0.15, -0.1) is 0 Å². The van der Waals surface area contributed by atoms with Crippen LogP contribution in [0.5, 0.6) is 0 Å². The number of carboxylic acid groups (broad SMARTS) is 1. The summed E-state index contributed by atoms with van der Waals surface area (Å²) < 4.78 is 38.5. The lowest BCUT2D eigenvalue weighted by molar-refractivity contribution is -0.179. The van der Waals surface area contributed by atoms with Crippen LogP contribution < -0.4 is 16.0 Å². The highest BCUT2D eigenvalue weighted by atomic mass is 16.7. The number of Topliss-reactive ketones (excluding diaryl/α,β-unsaturated/α-hetero) is 1. The zero-order valence-electron chi connectivity index (χ0n) is 43.1. The zero-order valence-corrected chi connectivity index (χ0v) is 43.1. The van der Waals surface area contributed by atoms with Crippen LogP contribution in [0.4, 0.5) is 17.8 Å². The summed E-state index contributed by atoms with van der Waals surface area (Å²) in [4.78, 5) is 77.8. The molecule has 0 aliphatic rings. The molecule has 0 aliphatic heterocycles. The lowest BCUT2D eigenvalue weighted by Crippen LogP contribution is -2.30. The van der Waals surface area contributed by atoms with Crippen molar-refractivity contribution in [3.05, 3.63) is 84.2 Å². The van der Waals surface area contributed by atoms with Crippen LogP contribution in [0.2, 0.25) is 0 Å². The van der Waals surface area contributed by atoms with Gasteiger partial charge in [-0.3, -0.25) is 19.3 Å². The number of nitrogens with one attached hydrogen (secondary N) is 4. The normalized spacial score (nSPS) is 10.4. The molecule has 0 unspecified atom stereocenters. The fourth-order valence-corrected chi connectivity index (χ4v) is 4.97. The first-order chi connectivity index (χ1) is 33.9. The highest BCUT2D eigenvalue weighted by Gasteiger charge is 2.14. The number of imidazole rings is 1. The molecule has 5 rings (SSSR count). The minimum absolute atomic E-state index is 0.116. The van der Waals surface area contributed by atoms with Crippen molar-refractivity contribution in [3.8, 4) is 11.5 Å². The Balaban J connectivity index is 0.000000860. The van der Waals surface area contributed by atoms with Crippen molar-refractivity contribution in [3.63, 3.8) is 0 Å². The average molecular weight is 1000 g/mol. The molecule has 0 radical (unpaired) electrons. The van der Waals surface area contributed by atoms with Crippen molar-refractivity contribution in [2.75, 3.05) is 122 Å². The second-order valence-electron chi connectivity index (χ2n) is 13.8. The highest BCUT2D eigenvalue weighted by molar-refractivity contribution is 5.93. The molecule has 71 heavy (non-hydrogen) atoms. The molecule has 5 aromatic rings.